The van der Waals surface area contributed by atoms with Crippen molar-refractivity contribution in [2.45, 2.75) is 39.5 Å². The Labute approximate surface area is 130 Å². The first kappa shape index (κ1) is 15.8. The van der Waals surface area contributed by atoms with Gasteiger partial charge in [-0.15, -0.1) is 11.3 Å². The summed E-state index contributed by atoms with van der Waals surface area (Å²) in [6.07, 6.45) is 1.96. The average molecular weight is 306 g/mol. The van der Waals surface area contributed by atoms with Crippen molar-refractivity contribution < 1.29 is 9.47 Å². The summed E-state index contributed by atoms with van der Waals surface area (Å²) < 4.78 is 11.1. The Morgan fingerprint density at radius 1 is 1.24 bits per heavy atom. The van der Waals surface area contributed by atoms with E-state index in [1.54, 1.807) is 18.4 Å². The zero-order valence-electron chi connectivity index (χ0n) is 12.9. The number of hydrogen-bond donors (Lipinski definition) is 1. The van der Waals surface area contributed by atoms with Crippen LogP contribution in [0.4, 0.5) is 0 Å². The summed E-state index contributed by atoms with van der Waals surface area (Å²) in [5, 5.41) is 6.56. The zero-order chi connectivity index (χ0) is 15.2. The van der Waals surface area contributed by atoms with Crippen molar-refractivity contribution in [2.24, 2.45) is 0 Å². The molecule has 0 bridgehead atoms. The van der Waals surface area contributed by atoms with E-state index in [0.717, 1.165) is 28.6 Å². The molecule has 0 radical (unpaired) electrons. The van der Waals surface area contributed by atoms with Crippen molar-refractivity contribution >= 4 is 11.3 Å². The second-order valence-corrected chi connectivity index (χ2v) is 6.05. The van der Waals surface area contributed by atoms with Crippen molar-refractivity contribution in [1.29, 1.82) is 0 Å². The van der Waals surface area contributed by atoms with Crippen LogP contribution in [0, 0.1) is 0 Å². The molecule has 0 aliphatic heterocycles. The lowest BCUT2D eigenvalue weighted by molar-refractivity contribution is 0.230. The highest BCUT2D eigenvalue weighted by Gasteiger charge is 2.10. The van der Waals surface area contributed by atoms with E-state index in [-0.39, 0.29) is 12.1 Å². The highest BCUT2D eigenvalue weighted by Crippen LogP contribution is 2.29. The predicted octanol–water partition coefficient (Wildman–Crippen LogP) is 3.79. The molecule has 114 valence electrons. The number of thiazole rings is 1. The Hall–Kier alpha value is -1.59. The van der Waals surface area contributed by atoms with E-state index in [0.29, 0.717) is 0 Å². The predicted molar refractivity (Wildman–Crippen MR) is 86.1 cm³/mol. The molecule has 0 aliphatic carbocycles. The zero-order valence-corrected chi connectivity index (χ0v) is 13.7. The number of hydrogen-bond acceptors (Lipinski definition) is 5. The van der Waals surface area contributed by atoms with E-state index in [2.05, 4.69) is 23.3 Å². The smallest absolute Gasteiger partial charge is 0.161 e. The molecule has 0 fully saturated rings. The molecule has 2 rings (SSSR count). The van der Waals surface area contributed by atoms with Crippen LogP contribution < -0.4 is 14.8 Å². The molecule has 0 saturated heterocycles. The van der Waals surface area contributed by atoms with Gasteiger partial charge in [0.25, 0.3) is 0 Å². The highest BCUT2D eigenvalue weighted by molar-refractivity contribution is 7.09. The number of aromatic nitrogens is 1. The third-order valence-corrected chi connectivity index (χ3v) is 3.98. The number of nitrogens with zero attached hydrogens (tertiary/aromatic N) is 1. The van der Waals surface area contributed by atoms with Gasteiger partial charge in [0, 0.05) is 18.1 Å². The van der Waals surface area contributed by atoms with Crippen molar-refractivity contribution in [3.05, 3.63) is 40.3 Å². The molecular weight excluding hydrogens is 284 g/mol. The van der Waals surface area contributed by atoms with E-state index in [9.17, 15) is 0 Å². The summed E-state index contributed by atoms with van der Waals surface area (Å²) in [7, 11) is 1.66. The van der Waals surface area contributed by atoms with E-state index >= 15 is 0 Å². The summed E-state index contributed by atoms with van der Waals surface area (Å²) in [6, 6.07) is 6.27. The number of rotatable bonds is 7. The molecular formula is C16H22N2O2S. The number of benzene rings is 1. The SMILES string of the molecule is COc1cc(CNC(C)c2nccs2)ccc1OC(C)C. The molecule has 0 spiro atoms. The maximum Gasteiger partial charge on any atom is 0.161 e. The lowest BCUT2D eigenvalue weighted by Gasteiger charge is -2.16. The van der Waals surface area contributed by atoms with Crippen LogP contribution >= 0.6 is 11.3 Å². The van der Waals surface area contributed by atoms with Gasteiger partial charge >= 0.3 is 0 Å². The topological polar surface area (TPSA) is 43.4 Å². The fourth-order valence-corrected chi connectivity index (χ4v) is 2.65. The Kier molecular flexibility index (Phi) is 5.59. The second-order valence-electron chi connectivity index (χ2n) is 5.12. The molecule has 2 aromatic rings. The highest BCUT2D eigenvalue weighted by atomic mass is 32.1. The van der Waals surface area contributed by atoms with Crippen LogP contribution in [0.25, 0.3) is 0 Å². The van der Waals surface area contributed by atoms with E-state index in [4.69, 9.17) is 9.47 Å². The van der Waals surface area contributed by atoms with Crippen LogP contribution in [0.3, 0.4) is 0 Å². The molecule has 0 aliphatic rings. The number of ether oxygens (including phenoxy) is 2. The van der Waals surface area contributed by atoms with Crippen LogP contribution in [0.5, 0.6) is 11.5 Å². The van der Waals surface area contributed by atoms with Gasteiger partial charge in [-0.05, 0) is 38.5 Å². The largest absolute Gasteiger partial charge is 0.493 e. The molecule has 1 N–H and O–H groups in total. The molecule has 0 saturated carbocycles. The fraction of sp³-hybridized carbons (Fsp3) is 0.438. The van der Waals surface area contributed by atoms with Gasteiger partial charge in [0.1, 0.15) is 5.01 Å². The van der Waals surface area contributed by atoms with E-state index in [1.165, 1.54) is 0 Å². The van der Waals surface area contributed by atoms with Crippen LogP contribution in [0.15, 0.2) is 29.8 Å². The van der Waals surface area contributed by atoms with Crippen LogP contribution in [-0.2, 0) is 6.54 Å². The van der Waals surface area contributed by atoms with Crippen LogP contribution in [0.1, 0.15) is 37.4 Å². The first-order chi connectivity index (χ1) is 10.1. The summed E-state index contributed by atoms with van der Waals surface area (Å²) in [5.74, 6) is 1.55. The summed E-state index contributed by atoms with van der Waals surface area (Å²) >= 11 is 1.66. The standard InChI is InChI=1S/C16H22N2O2S/c1-11(2)20-14-6-5-13(9-15(14)19-4)10-18-12(3)16-17-7-8-21-16/h5-9,11-12,18H,10H2,1-4H3. The third kappa shape index (κ3) is 4.44. The number of methoxy groups -OCH3 is 1. The van der Waals surface area contributed by atoms with Crippen molar-refractivity contribution in [2.75, 3.05) is 7.11 Å². The molecule has 1 aromatic carbocycles. The van der Waals surface area contributed by atoms with Gasteiger partial charge in [-0.3, -0.25) is 0 Å². The van der Waals surface area contributed by atoms with Crippen LogP contribution in [0.2, 0.25) is 0 Å². The lowest BCUT2D eigenvalue weighted by Crippen LogP contribution is -2.18. The summed E-state index contributed by atoms with van der Waals surface area (Å²) in [6.45, 7) is 6.89. The van der Waals surface area contributed by atoms with E-state index in [1.807, 2.05) is 37.6 Å². The first-order valence-corrected chi connectivity index (χ1v) is 7.94. The van der Waals surface area contributed by atoms with Crippen LogP contribution in [-0.4, -0.2) is 18.2 Å². The second kappa shape index (κ2) is 7.43. The van der Waals surface area contributed by atoms with Gasteiger partial charge in [0.05, 0.1) is 19.3 Å². The molecule has 1 heterocycles. The molecule has 5 heteroatoms. The number of nitrogens with one attached hydrogen (secondary N) is 1. The maximum atomic E-state index is 5.72. The monoisotopic (exact) mass is 306 g/mol. The van der Waals surface area contributed by atoms with Gasteiger partial charge < -0.3 is 14.8 Å². The quantitative estimate of drug-likeness (QED) is 0.845. The van der Waals surface area contributed by atoms with Crippen molar-refractivity contribution in [1.82, 2.24) is 10.3 Å². The maximum absolute atomic E-state index is 5.72. The summed E-state index contributed by atoms with van der Waals surface area (Å²) in [4.78, 5) is 4.32. The minimum absolute atomic E-state index is 0.132. The van der Waals surface area contributed by atoms with E-state index < -0.39 is 0 Å². The van der Waals surface area contributed by atoms with Gasteiger partial charge in [-0.25, -0.2) is 4.98 Å². The minimum atomic E-state index is 0.132. The lowest BCUT2D eigenvalue weighted by atomic mass is 10.2. The molecule has 4 nitrogen and oxygen atoms in total. The Morgan fingerprint density at radius 3 is 2.67 bits per heavy atom. The summed E-state index contributed by atoms with van der Waals surface area (Å²) in [5.41, 5.74) is 1.16. The molecule has 0 amide bonds. The van der Waals surface area contributed by atoms with Gasteiger partial charge in [-0.2, -0.15) is 0 Å². The minimum Gasteiger partial charge on any atom is -0.493 e. The third-order valence-electron chi connectivity index (χ3n) is 3.02. The first-order valence-electron chi connectivity index (χ1n) is 7.06. The van der Waals surface area contributed by atoms with Gasteiger partial charge in [0.15, 0.2) is 11.5 Å². The fourth-order valence-electron chi connectivity index (χ4n) is 1.98. The average Bonchev–Trinajstić information content (AvgIpc) is 2.99. The Morgan fingerprint density at radius 2 is 2.05 bits per heavy atom. The van der Waals surface area contributed by atoms with Crippen molar-refractivity contribution in [3.63, 3.8) is 0 Å². The molecule has 1 atom stereocenters. The Balaban J connectivity index is 2.00. The normalized spacial score (nSPS) is 12.4. The van der Waals surface area contributed by atoms with Gasteiger partial charge in [0.2, 0.25) is 0 Å². The molecule has 1 aromatic heterocycles. The Bertz CT molecular complexity index is 555. The molecule has 21 heavy (non-hydrogen) atoms. The molecule has 1 unspecified atom stereocenters. The van der Waals surface area contributed by atoms with Crippen molar-refractivity contribution in [3.8, 4) is 11.5 Å². The van der Waals surface area contributed by atoms with Gasteiger partial charge in [-0.1, -0.05) is 6.07 Å².